The van der Waals surface area contributed by atoms with Crippen molar-refractivity contribution in [2.24, 2.45) is 17.3 Å². The molecule has 3 saturated heterocycles. The van der Waals surface area contributed by atoms with E-state index in [9.17, 15) is 9.90 Å². The fourth-order valence-electron chi connectivity index (χ4n) is 8.08. The zero-order chi connectivity index (χ0) is 19.5. The average Bonchev–Trinajstić information content (AvgIpc) is 3.54. The van der Waals surface area contributed by atoms with Crippen molar-refractivity contribution in [3.8, 4) is 0 Å². The molecule has 3 spiro atoms. The van der Waals surface area contributed by atoms with E-state index < -0.39 is 27.8 Å². The van der Waals surface area contributed by atoms with Crippen molar-refractivity contribution in [3.05, 3.63) is 11.1 Å². The molecule has 7 rings (SSSR count). The Morgan fingerprint density at radius 3 is 2.68 bits per heavy atom. The van der Waals surface area contributed by atoms with E-state index in [0.717, 1.165) is 24.0 Å². The Morgan fingerprint density at radius 2 is 2.00 bits per heavy atom. The second-order valence-electron chi connectivity index (χ2n) is 10.4. The van der Waals surface area contributed by atoms with E-state index in [1.807, 2.05) is 13.8 Å². The van der Waals surface area contributed by atoms with Crippen molar-refractivity contribution in [1.29, 1.82) is 0 Å². The van der Waals surface area contributed by atoms with Gasteiger partial charge in [0.2, 0.25) is 0 Å². The van der Waals surface area contributed by atoms with Gasteiger partial charge < -0.3 is 24.1 Å². The highest BCUT2D eigenvalue weighted by atomic mass is 35.5. The van der Waals surface area contributed by atoms with Crippen LogP contribution in [-0.2, 0) is 23.7 Å². The lowest BCUT2D eigenvalue weighted by molar-refractivity contribution is -0.152. The number of fused-ring (bicyclic) bond motifs is 2. The van der Waals surface area contributed by atoms with Gasteiger partial charge in [-0.1, -0.05) is 20.8 Å². The van der Waals surface area contributed by atoms with Crippen LogP contribution < -0.4 is 0 Å². The van der Waals surface area contributed by atoms with Gasteiger partial charge in [0.1, 0.15) is 23.9 Å². The third-order valence-corrected chi connectivity index (χ3v) is 10.1. The van der Waals surface area contributed by atoms with Gasteiger partial charge >= 0.3 is 5.97 Å². The highest BCUT2D eigenvalue weighted by molar-refractivity contribution is 6.22. The van der Waals surface area contributed by atoms with Crippen LogP contribution in [0.2, 0.25) is 0 Å². The standard InChI is InChI=1S/C21H25ClO6/c1-9(2)19(24)14(22)15-21(28-15)17(3)5-4-10-11(7-25-16(10)23)12(17)6-13-20(21,27-13)18(19)8-26-18/h9,12-15,24H,4-8H2,1-3H3/t12-,13-,14+,15-,17-,18-,19-,20?,21?/m0/s1. The first-order valence-electron chi connectivity index (χ1n) is 10.5. The normalized spacial score (nSPS) is 62.6. The van der Waals surface area contributed by atoms with Crippen LogP contribution in [0.4, 0.5) is 0 Å². The minimum Gasteiger partial charge on any atom is -0.458 e. The average molecular weight is 409 g/mol. The molecule has 0 aromatic carbocycles. The lowest BCUT2D eigenvalue weighted by atomic mass is 9.44. The van der Waals surface area contributed by atoms with E-state index in [-0.39, 0.29) is 35.4 Å². The lowest BCUT2D eigenvalue weighted by Gasteiger charge is -2.57. The molecule has 2 unspecified atom stereocenters. The zero-order valence-corrected chi connectivity index (χ0v) is 17.0. The van der Waals surface area contributed by atoms with Crippen molar-refractivity contribution < 1.29 is 28.8 Å². The van der Waals surface area contributed by atoms with Gasteiger partial charge in [0.15, 0.2) is 11.2 Å². The molecule has 7 aliphatic rings. The summed E-state index contributed by atoms with van der Waals surface area (Å²) in [5.41, 5.74) is -1.43. The highest BCUT2D eigenvalue weighted by Gasteiger charge is 3.03. The zero-order valence-electron chi connectivity index (χ0n) is 16.3. The van der Waals surface area contributed by atoms with Gasteiger partial charge in [-0.15, -0.1) is 11.6 Å². The third-order valence-electron chi connectivity index (χ3n) is 9.55. The van der Waals surface area contributed by atoms with Crippen LogP contribution in [0.1, 0.15) is 40.0 Å². The molecule has 2 saturated carbocycles. The number of carbonyl (C=O) groups is 1. The first-order chi connectivity index (χ1) is 13.2. The molecule has 152 valence electrons. The molecule has 28 heavy (non-hydrogen) atoms. The molecule has 0 radical (unpaired) electrons. The number of carbonyl (C=O) groups excluding carboxylic acids is 1. The largest absolute Gasteiger partial charge is 0.458 e. The Morgan fingerprint density at radius 1 is 1.25 bits per heavy atom. The number of aliphatic hydroxyl groups is 1. The second kappa shape index (κ2) is 4.35. The van der Waals surface area contributed by atoms with E-state index in [4.69, 9.17) is 30.5 Å². The van der Waals surface area contributed by atoms with Crippen molar-refractivity contribution in [3.63, 3.8) is 0 Å². The minimum absolute atomic E-state index is 0.0462. The number of ether oxygens (including phenoxy) is 4. The van der Waals surface area contributed by atoms with Crippen LogP contribution >= 0.6 is 11.6 Å². The summed E-state index contributed by atoms with van der Waals surface area (Å²) in [6, 6.07) is 0. The lowest BCUT2D eigenvalue weighted by Crippen LogP contribution is -2.77. The van der Waals surface area contributed by atoms with E-state index in [2.05, 4.69) is 6.92 Å². The van der Waals surface area contributed by atoms with Crippen LogP contribution in [0.15, 0.2) is 11.1 Å². The quantitative estimate of drug-likeness (QED) is 0.404. The van der Waals surface area contributed by atoms with Gasteiger partial charge in [0.25, 0.3) is 0 Å². The molecule has 4 heterocycles. The predicted octanol–water partition coefficient (Wildman–Crippen LogP) is 1.71. The summed E-state index contributed by atoms with van der Waals surface area (Å²) < 4.78 is 24.5. The smallest absolute Gasteiger partial charge is 0.334 e. The molecular weight excluding hydrogens is 384 g/mol. The minimum atomic E-state index is -1.19. The van der Waals surface area contributed by atoms with Crippen molar-refractivity contribution in [1.82, 2.24) is 0 Å². The monoisotopic (exact) mass is 408 g/mol. The van der Waals surface area contributed by atoms with Gasteiger partial charge in [0, 0.05) is 11.0 Å². The maximum atomic E-state index is 12.2. The summed E-state index contributed by atoms with van der Waals surface area (Å²) in [5.74, 6) is -0.0596. The van der Waals surface area contributed by atoms with Crippen LogP contribution in [0.5, 0.6) is 0 Å². The molecule has 9 atom stereocenters. The van der Waals surface area contributed by atoms with Gasteiger partial charge in [-0.2, -0.15) is 0 Å². The third kappa shape index (κ3) is 1.30. The Labute approximate surface area is 168 Å². The first-order valence-corrected chi connectivity index (χ1v) is 10.9. The van der Waals surface area contributed by atoms with Crippen molar-refractivity contribution in [2.45, 2.75) is 80.0 Å². The van der Waals surface area contributed by atoms with E-state index >= 15 is 0 Å². The fourth-order valence-corrected chi connectivity index (χ4v) is 8.74. The number of halogens is 1. The van der Waals surface area contributed by atoms with E-state index in [1.54, 1.807) is 0 Å². The highest BCUT2D eigenvalue weighted by Crippen LogP contribution is 2.84. The number of hydrogen-bond donors (Lipinski definition) is 1. The second-order valence-corrected chi connectivity index (χ2v) is 10.9. The molecule has 7 heteroatoms. The summed E-state index contributed by atoms with van der Waals surface area (Å²) in [4.78, 5) is 12.2. The maximum absolute atomic E-state index is 12.2. The summed E-state index contributed by atoms with van der Waals surface area (Å²) in [6.45, 7) is 7.10. The number of rotatable bonds is 1. The van der Waals surface area contributed by atoms with E-state index in [0.29, 0.717) is 19.6 Å². The van der Waals surface area contributed by atoms with Gasteiger partial charge in [-0.3, -0.25) is 0 Å². The number of alkyl halides is 1. The Kier molecular flexibility index (Phi) is 2.65. The molecule has 0 bridgehead atoms. The summed E-state index contributed by atoms with van der Waals surface area (Å²) >= 11 is 6.96. The van der Waals surface area contributed by atoms with Crippen LogP contribution in [-0.4, -0.2) is 64.3 Å². The maximum Gasteiger partial charge on any atom is 0.334 e. The van der Waals surface area contributed by atoms with Crippen molar-refractivity contribution in [2.75, 3.05) is 13.2 Å². The van der Waals surface area contributed by atoms with Crippen LogP contribution in [0, 0.1) is 17.3 Å². The Bertz CT molecular complexity index is 880. The molecule has 1 N–H and O–H groups in total. The number of esters is 1. The summed E-state index contributed by atoms with van der Waals surface area (Å²) in [7, 11) is 0. The fraction of sp³-hybridized carbons (Fsp3) is 0.857. The first kappa shape index (κ1) is 17.1. The molecule has 0 aromatic rings. The topological polar surface area (TPSA) is 84.1 Å². The molecule has 6 nitrogen and oxygen atoms in total. The number of hydrogen-bond acceptors (Lipinski definition) is 6. The van der Waals surface area contributed by atoms with Crippen molar-refractivity contribution >= 4 is 17.6 Å². The molecule has 3 aliphatic carbocycles. The predicted molar refractivity (Wildman–Crippen MR) is 96.8 cm³/mol. The Balaban J connectivity index is 1.42. The molecule has 0 amide bonds. The number of cyclic esters (lactones) is 1. The molecule has 4 aliphatic heterocycles. The van der Waals surface area contributed by atoms with Crippen LogP contribution in [0.25, 0.3) is 0 Å². The summed E-state index contributed by atoms with van der Waals surface area (Å²) in [5, 5.41) is 11.2. The van der Waals surface area contributed by atoms with Gasteiger partial charge in [0.05, 0.1) is 18.1 Å². The Hall–Kier alpha value is -0.660. The molecule has 5 fully saturated rings. The SMILES string of the molecule is CC(C)[C@]1(O)[C@H](Cl)[C@@H]2OC23C2(O[C@H]2C[C@H]2C4=C(CC[C@@]23C)C(=O)OC4)[C@]12CO2. The van der Waals surface area contributed by atoms with Gasteiger partial charge in [-0.25, -0.2) is 4.79 Å². The van der Waals surface area contributed by atoms with Crippen LogP contribution in [0.3, 0.4) is 0 Å². The van der Waals surface area contributed by atoms with E-state index in [1.165, 1.54) is 0 Å². The van der Waals surface area contributed by atoms with Gasteiger partial charge in [-0.05, 0) is 36.7 Å². The summed E-state index contributed by atoms with van der Waals surface area (Å²) in [6.07, 6.45) is 2.04. The molecular formula is C21H25ClO6. The molecule has 0 aromatic heterocycles. The number of epoxide rings is 3.